The Labute approximate surface area is 124 Å². The molecule has 0 heterocycles. The van der Waals surface area contributed by atoms with Crippen LogP contribution in [-0.2, 0) is 9.59 Å². The molecule has 0 aromatic heterocycles. The number of carbonyl (C=O) groups excluding carboxylic acids is 2. The topological polar surface area (TPSA) is 49.4 Å². The molecular formula is C16H32N2O2. The van der Waals surface area contributed by atoms with E-state index in [-0.39, 0.29) is 11.9 Å². The molecule has 1 amide bonds. The molecule has 1 aliphatic carbocycles. The summed E-state index contributed by atoms with van der Waals surface area (Å²) in [6, 6.07) is -0.284. The highest BCUT2D eigenvalue weighted by Crippen LogP contribution is 2.25. The van der Waals surface area contributed by atoms with E-state index in [4.69, 9.17) is 0 Å². The first-order chi connectivity index (χ1) is 9.67. The van der Waals surface area contributed by atoms with Crippen molar-refractivity contribution in [1.29, 1.82) is 0 Å². The summed E-state index contributed by atoms with van der Waals surface area (Å²) in [6.07, 6.45) is 7.69. The molecule has 1 N–H and O–H groups in total. The number of hydrogen-bond acceptors (Lipinski definition) is 3. The first-order valence-electron chi connectivity index (χ1n) is 8.10. The molecular weight excluding hydrogens is 252 g/mol. The normalized spacial score (nSPS) is 17.1. The summed E-state index contributed by atoms with van der Waals surface area (Å²) < 4.78 is 0. The van der Waals surface area contributed by atoms with Gasteiger partial charge in [-0.15, -0.1) is 0 Å². The lowest BCUT2D eigenvalue weighted by molar-refractivity contribution is -0.125. The highest BCUT2D eigenvalue weighted by Gasteiger charge is 2.24. The second kappa shape index (κ2) is 11.9. The lowest BCUT2D eigenvalue weighted by atomic mass is 9.84. The molecule has 4 heteroatoms. The van der Waals surface area contributed by atoms with Gasteiger partial charge in [0.15, 0.2) is 0 Å². The zero-order chi connectivity index (χ0) is 15.4. The largest absolute Gasteiger partial charge is 0.345 e. The van der Waals surface area contributed by atoms with E-state index >= 15 is 0 Å². The average molecular weight is 284 g/mol. The van der Waals surface area contributed by atoms with E-state index in [2.05, 4.69) is 12.2 Å². The summed E-state index contributed by atoms with van der Waals surface area (Å²) >= 11 is 0. The first kappa shape index (κ1) is 19.1. The van der Waals surface area contributed by atoms with E-state index in [0.29, 0.717) is 12.5 Å². The number of nitrogens with one attached hydrogen (secondary N) is 1. The second-order valence-electron chi connectivity index (χ2n) is 5.37. The fraction of sp³-hybridized carbons (Fsp3) is 0.875. The van der Waals surface area contributed by atoms with Crippen molar-refractivity contribution in [3.05, 3.63) is 0 Å². The van der Waals surface area contributed by atoms with Gasteiger partial charge in [0.1, 0.15) is 6.29 Å². The Hall–Kier alpha value is -0.900. The molecule has 0 bridgehead atoms. The smallest absolute Gasteiger partial charge is 0.234 e. The van der Waals surface area contributed by atoms with Crippen LogP contribution in [-0.4, -0.2) is 43.3 Å². The Bertz CT molecular complexity index is 263. The Kier molecular flexibility index (Phi) is 11.4. The van der Waals surface area contributed by atoms with E-state index in [1.54, 1.807) is 0 Å². The molecule has 1 unspecified atom stereocenters. The van der Waals surface area contributed by atoms with Crippen LogP contribution in [0.2, 0.25) is 0 Å². The van der Waals surface area contributed by atoms with Gasteiger partial charge in [-0.25, -0.2) is 0 Å². The van der Waals surface area contributed by atoms with Gasteiger partial charge in [-0.3, -0.25) is 9.69 Å². The van der Waals surface area contributed by atoms with Crippen LogP contribution < -0.4 is 5.32 Å². The van der Waals surface area contributed by atoms with Gasteiger partial charge in [0, 0.05) is 0 Å². The van der Waals surface area contributed by atoms with Gasteiger partial charge in [0.2, 0.25) is 5.91 Å². The van der Waals surface area contributed by atoms with E-state index in [1.807, 2.05) is 25.8 Å². The van der Waals surface area contributed by atoms with Gasteiger partial charge in [0.25, 0.3) is 0 Å². The molecule has 0 aromatic carbocycles. The predicted octanol–water partition coefficient (Wildman–Crippen LogP) is 2.62. The first-order valence-corrected chi connectivity index (χ1v) is 8.10. The van der Waals surface area contributed by atoms with Crippen LogP contribution in [0.15, 0.2) is 0 Å². The fourth-order valence-electron chi connectivity index (χ4n) is 2.69. The Balaban J connectivity index is 0.00000172. The fourth-order valence-corrected chi connectivity index (χ4v) is 2.69. The van der Waals surface area contributed by atoms with Crippen molar-refractivity contribution in [3.63, 3.8) is 0 Å². The number of nitrogens with zero attached hydrogens (tertiary/aromatic N) is 1. The van der Waals surface area contributed by atoms with Crippen molar-refractivity contribution in [3.8, 4) is 0 Å². The summed E-state index contributed by atoms with van der Waals surface area (Å²) in [5.41, 5.74) is 0. The second-order valence-corrected chi connectivity index (χ2v) is 5.37. The number of rotatable bonds is 7. The maximum atomic E-state index is 11.8. The van der Waals surface area contributed by atoms with Crippen LogP contribution in [0.25, 0.3) is 0 Å². The minimum Gasteiger partial charge on any atom is -0.345 e. The standard InChI is InChI=1S/C14H26N2O2.C2H6/c1-3-9-16(2)10-14(18)15-13(11-17)12-7-5-4-6-8-12;1-2/h11-13H,3-10H2,1-2H3,(H,15,18);1-2H3. The van der Waals surface area contributed by atoms with E-state index in [0.717, 1.165) is 32.1 Å². The molecule has 0 aliphatic heterocycles. The number of carbonyl (C=O) groups is 2. The van der Waals surface area contributed by atoms with E-state index in [9.17, 15) is 9.59 Å². The van der Waals surface area contributed by atoms with Crippen LogP contribution in [0.4, 0.5) is 0 Å². The van der Waals surface area contributed by atoms with Crippen molar-refractivity contribution in [2.45, 2.75) is 65.3 Å². The van der Waals surface area contributed by atoms with Crippen LogP contribution >= 0.6 is 0 Å². The number of hydrogen-bond donors (Lipinski definition) is 1. The molecule has 20 heavy (non-hydrogen) atoms. The molecule has 118 valence electrons. The van der Waals surface area contributed by atoms with Crippen LogP contribution in [0.3, 0.4) is 0 Å². The summed E-state index contributed by atoms with van der Waals surface area (Å²) in [7, 11) is 1.93. The van der Waals surface area contributed by atoms with Crippen molar-refractivity contribution < 1.29 is 9.59 Å². The van der Waals surface area contributed by atoms with Gasteiger partial charge in [-0.1, -0.05) is 40.0 Å². The highest BCUT2D eigenvalue weighted by atomic mass is 16.2. The van der Waals surface area contributed by atoms with Crippen molar-refractivity contribution >= 4 is 12.2 Å². The average Bonchev–Trinajstić information content (AvgIpc) is 2.48. The summed E-state index contributed by atoms with van der Waals surface area (Å²) in [5.74, 6) is 0.310. The maximum Gasteiger partial charge on any atom is 0.234 e. The summed E-state index contributed by atoms with van der Waals surface area (Å²) in [5, 5.41) is 2.88. The minimum atomic E-state index is -0.284. The lowest BCUT2D eigenvalue weighted by Crippen LogP contribution is -2.46. The molecule has 0 saturated heterocycles. The third kappa shape index (κ3) is 7.63. The zero-order valence-electron chi connectivity index (χ0n) is 13.7. The third-order valence-corrected chi connectivity index (χ3v) is 3.65. The Morgan fingerprint density at radius 3 is 2.40 bits per heavy atom. The van der Waals surface area contributed by atoms with Crippen molar-refractivity contribution in [1.82, 2.24) is 10.2 Å². The molecule has 1 rings (SSSR count). The zero-order valence-corrected chi connectivity index (χ0v) is 13.7. The van der Waals surface area contributed by atoms with Crippen LogP contribution in [0.1, 0.15) is 59.3 Å². The molecule has 4 nitrogen and oxygen atoms in total. The highest BCUT2D eigenvalue weighted by molar-refractivity contribution is 5.81. The Morgan fingerprint density at radius 1 is 1.30 bits per heavy atom. The summed E-state index contributed by atoms with van der Waals surface area (Å²) in [4.78, 5) is 24.9. The number of likely N-dealkylation sites (N-methyl/N-ethyl adjacent to an activating group) is 1. The molecule has 1 saturated carbocycles. The molecule has 1 aliphatic rings. The van der Waals surface area contributed by atoms with Gasteiger partial charge in [0.05, 0.1) is 12.6 Å². The van der Waals surface area contributed by atoms with Crippen LogP contribution in [0.5, 0.6) is 0 Å². The summed E-state index contributed by atoms with van der Waals surface area (Å²) in [6.45, 7) is 7.37. The van der Waals surface area contributed by atoms with E-state index < -0.39 is 0 Å². The molecule has 0 aromatic rings. The minimum absolute atomic E-state index is 0.0337. The van der Waals surface area contributed by atoms with Gasteiger partial charge in [-0.2, -0.15) is 0 Å². The number of amides is 1. The lowest BCUT2D eigenvalue weighted by Gasteiger charge is -2.27. The third-order valence-electron chi connectivity index (χ3n) is 3.65. The van der Waals surface area contributed by atoms with Gasteiger partial charge < -0.3 is 10.1 Å². The number of aldehydes is 1. The van der Waals surface area contributed by atoms with Crippen molar-refractivity contribution in [2.75, 3.05) is 20.1 Å². The monoisotopic (exact) mass is 284 g/mol. The maximum absolute atomic E-state index is 11.8. The quantitative estimate of drug-likeness (QED) is 0.731. The van der Waals surface area contributed by atoms with Gasteiger partial charge >= 0.3 is 0 Å². The molecule has 1 fully saturated rings. The van der Waals surface area contributed by atoms with Crippen LogP contribution in [0, 0.1) is 5.92 Å². The predicted molar refractivity (Wildman–Crippen MR) is 83.7 cm³/mol. The van der Waals surface area contributed by atoms with Crippen molar-refractivity contribution in [2.24, 2.45) is 5.92 Å². The molecule has 0 radical (unpaired) electrons. The molecule has 0 spiro atoms. The SMILES string of the molecule is CC.CCCN(C)CC(=O)NC(C=O)C1CCCCC1. The molecule has 1 atom stereocenters. The Morgan fingerprint density at radius 2 is 1.90 bits per heavy atom. The van der Waals surface area contributed by atoms with Gasteiger partial charge in [-0.05, 0) is 38.8 Å². The van der Waals surface area contributed by atoms with E-state index in [1.165, 1.54) is 19.3 Å².